The van der Waals surface area contributed by atoms with Crippen LogP contribution in [0.3, 0.4) is 0 Å². The lowest BCUT2D eigenvalue weighted by Gasteiger charge is -2.13. The van der Waals surface area contributed by atoms with Crippen molar-refractivity contribution in [1.82, 2.24) is 0 Å². The van der Waals surface area contributed by atoms with Gasteiger partial charge >= 0.3 is 0 Å². The minimum Gasteiger partial charge on any atom is -0.207 e. The summed E-state index contributed by atoms with van der Waals surface area (Å²) in [6.07, 6.45) is 3.39. The Kier molecular flexibility index (Phi) is 9.38. The summed E-state index contributed by atoms with van der Waals surface area (Å²) in [5.74, 6) is 4.18. The molecule has 0 nitrogen and oxygen atoms in total. The molecule has 1 unspecified atom stereocenters. The predicted octanol–water partition coefficient (Wildman–Crippen LogP) is 5.80. The van der Waals surface area contributed by atoms with Gasteiger partial charge in [0.15, 0.2) is 0 Å². The van der Waals surface area contributed by atoms with E-state index in [0.29, 0.717) is 11.2 Å². The van der Waals surface area contributed by atoms with Crippen LogP contribution in [-0.4, -0.2) is 11.1 Å². The largest absolute Gasteiger partial charge is 0.207 e. The lowest BCUT2D eigenvalue weighted by atomic mass is 9.95. The van der Waals surface area contributed by atoms with Crippen LogP contribution in [0.2, 0.25) is 0 Å². The fourth-order valence-corrected chi connectivity index (χ4v) is 2.29. The molecule has 0 aliphatic carbocycles. The molecule has 0 heterocycles. The van der Waals surface area contributed by atoms with Crippen LogP contribution in [-0.2, 0) is 0 Å². The maximum absolute atomic E-state index is 12.8. The molecule has 1 aromatic rings. The lowest BCUT2D eigenvalue weighted by Crippen LogP contribution is -1.98. The normalized spacial score (nSPS) is 13.1. The zero-order valence-corrected chi connectivity index (χ0v) is 13.5. The van der Waals surface area contributed by atoms with Gasteiger partial charge in [0.05, 0.1) is 0 Å². The molecule has 2 atom stereocenters. The van der Waals surface area contributed by atoms with Gasteiger partial charge in [0.2, 0.25) is 0 Å². The van der Waals surface area contributed by atoms with Crippen molar-refractivity contribution in [3.63, 3.8) is 0 Å². The van der Waals surface area contributed by atoms with E-state index < -0.39 is 0 Å². The standard InChI is InChI=1S/C15H21FS.C2H6/c1-12(6-5-7-13(2)17(3)4)14-8-10-15(16)11-9-14;1-2/h3,8-13H,4-7H2,1-2H3;1-2H3/t12-,13?;/m1./s1. The second-order valence-electron chi connectivity index (χ2n) is 4.66. The Morgan fingerprint density at radius 2 is 1.68 bits per heavy atom. The van der Waals surface area contributed by atoms with Gasteiger partial charge in [0.1, 0.15) is 5.82 Å². The summed E-state index contributed by atoms with van der Waals surface area (Å²) in [6.45, 7) is 8.34. The molecule has 0 fully saturated rings. The van der Waals surface area contributed by atoms with Crippen LogP contribution in [0, 0.1) is 11.5 Å². The quantitative estimate of drug-likeness (QED) is 0.598. The van der Waals surface area contributed by atoms with Crippen LogP contribution >= 0.6 is 9.89 Å². The first kappa shape index (κ1) is 18.0. The molecule has 0 aromatic heterocycles. The molecule has 108 valence electrons. The first-order valence-corrected chi connectivity index (χ1v) is 8.55. The number of hydrogen-bond donors (Lipinski definition) is 0. The van der Waals surface area contributed by atoms with Crippen molar-refractivity contribution >= 4 is 15.8 Å². The van der Waals surface area contributed by atoms with E-state index in [4.69, 9.17) is 5.69 Å². The summed E-state index contributed by atoms with van der Waals surface area (Å²) >= 11 is 0. The fraction of sp³-hybridized carbons (Fsp3) is 0.529. The van der Waals surface area contributed by atoms with Gasteiger partial charge in [-0.05, 0) is 36.5 Å². The van der Waals surface area contributed by atoms with E-state index in [9.17, 15) is 4.39 Å². The van der Waals surface area contributed by atoms with Crippen molar-refractivity contribution in [3.05, 3.63) is 35.6 Å². The third-order valence-corrected chi connectivity index (χ3v) is 4.47. The van der Waals surface area contributed by atoms with Crippen LogP contribution < -0.4 is 0 Å². The monoisotopic (exact) mass is 282 g/mol. The van der Waals surface area contributed by atoms with Gasteiger partial charge in [-0.25, -0.2) is 4.39 Å². The van der Waals surface area contributed by atoms with Crippen LogP contribution in [0.15, 0.2) is 24.3 Å². The molecule has 0 saturated carbocycles. The smallest absolute Gasteiger partial charge is 0.123 e. The van der Waals surface area contributed by atoms with Gasteiger partial charge < -0.3 is 0 Å². The zero-order valence-electron chi connectivity index (χ0n) is 12.7. The van der Waals surface area contributed by atoms with Crippen LogP contribution in [0.4, 0.5) is 4.39 Å². The molecule has 1 aromatic carbocycles. The maximum Gasteiger partial charge on any atom is 0.123 e. The number of benzene rings is 1. The lowest BCUT2D eigenvalue weighted by molar-refractivity contribution is 0.598. The SMILES string of the molecule is C#S(=C)C(C)CCC[C@@H](C)c1ccc(F)cc1.CC. The second-order valence-corrected chi connectivity index (χ2v) is 6.41. The van der Waals surface area contributed by atoms with E-state index in [-0.39, 0.29) is 15.7 Å². The Hall–Kier alpha value is -0.980. The average molecular weight is 282 g/mol. The summed E-state index contributed by atoms with van der Waals surface area (Å²) in [7, 11) is -0.222. The molecule has 19 heavy (non-hydrogen) atoms. The summed E-state index contributed by atoms with van der Waals surface area (Å²) in [5, 5.41) is 0.496. The molecule has 0 saturated heterocycles. The molecular formula is C17H27FS. The van der Waals surface area contributed by atoms with E-state index in [0.717, 1.165) is 19.3 Å². The highest BCUT2D eigenvalue weighted by Crippen LogP contribution is 2.23. The molecule has 0 aliphatic heterocycles. The molecule has 1 rings (SSSR count). The summed E-state index contributed by atoms with van der Waals surface area (Å²) in [4.78, 5) is 0. The molecule has 0 bridgehead atoms. The summed E-state index contributed by atoms with van der Waals surface area (Å²) < 4.78 is 12.8. The van der Waals surface area contributed by atoms with Crippen LogP contribution in [0.1, 0.15) is 58.4 Å². The maximum atomic E-state index is 12.8. The molecule has 2 heteroatoms. The molecular weight excluding hydrogens is 255 g/mol. The van der Waals surface area contributed by atoms with E-state index in [1.807, 2.05) is 26.0 Å². The Labute approximate surface area is 120 Å². The van der Waals surface area contributed by atoms with Gasteiger partial charge in [-0.2, -0.15) is 9.89 Å². The minimum atomic E-state index is -0.222. The molecule has 0 radical (unpaired) electrons. The van der Waals surface area contributed by atoms with Gasteiger partial charge in [0, 0.05) is 5.25 Å². The number of hydrogen-bond acceptors (Lipinski definition) is 0. The first-order valence-electron chi connectivity index (χ1n) is 7.03. The third kappa shape index (κ3) is 7.25. The Morgan fingerprint density at radius 1 is 1.16 bits per heavy atom. The number of halogens is 1. The average Bonchev–Trinajstić information content (AvgIpc) is 2.41. The van der Waals surface area contributed by atoms with Gasteiger partial charge in [-0.3, -0.25) is 0 Å². The van der Waals surface area contributed by atoms with Crippen molar-refractivity contribution in [1.29, 1.82) is 0 Å². The highest BCUT2D eigenvalue weighted by molar-refractivity contribution is 8.04. The van der Waals surface area contributed by atoms with Crippen LogP contribution in [0.25, 0.3) is 0 Å². The van der Waals surface area contributed by atoms with Crippen LogP contribution in [0.5, 0.6) is 0 Å². The van der Waals surface area contributed by atoms with E-state index >= 15 is 0 Å². The molecule has 0 N–H and O–H groups in total. The predicted molar refractivity (Wildman–Crippen MR) is 89.1 cm³/mol. The number of rotatable bonds is 5. The van der Waals surface area contributed by atoms with Gasteiger partial charge in [-0.15, -0.1) is 5.69 Å². The minimum absolute atomic E-state index is 0.168. The zero-order chi connectivity index (χ0) is 14.8. The molecule has 0 spiro atoms. The summed E-state index contributed by atoms with van der Waals surface area (Å²) in [6, 6.07) is 6.81. The fourth-order valence-electron chi connectivity index (χ4n) is 1.82. The van der Waals surface area contributed by atoms with Crippen molar-refractivity contribution in [3.8, 4) is 5.69 Å². The Bertz CT molecular complexity index is 456. The van der Waals surface area contributed by atoms with Crippen molar-refractivity contribution < 1.29 is 4.39 Å². The third-order valence-electron chi connectivity index (χ3n) is 3.20. The molecule has 0 aliphatic rings. The van der Waals surface area contributed by atoms with E-state index in [1.165, 1.54) is 17.7 Å². The van der Waals surface area contributed by atoms with Gasteiger partial charge in [0.25, 0.3) is 0 Å². The first-order chi connectivity index (χ1) is 9.00. The highest BCUT2D eigenvalue weighted by atomic mass is 32.2. The molecule has 0 amide bonds. The Morgan fingerprint density at radius 3 is 2.16 bits per heavy atom. The van der Waals surface area contributed by atoms with E-state index in [2.05, 4.69) is 19.7 Å². The Balaban J connectivity index is 0.00000154. The van der Waals surface area contributed by atoms with E-state index in [1.54, 1.807) is 0 Å². The van der Waals surface area contributed by atoms with Gasteiger partial charge in [-0.1, -0.05) is 52.1 Å². The van der Waals surface area contributed by atoms with Crippen molar-refractivity contribution in [2.45, 2.75) is 58.1 Å². The van der Waals surface area contributed by atoms with Crippen molar-refractivity contribution in [2.75, 3.05) is 0 Å². The second kappa shape index (κ2) is 9.89. The van der Waals surface area contributed by atoms with Crippen molar-refractivity contribution in [2.24, 2.45) is 0 Å². The topological polar surface area (TPSA) is 0 Å². The highest BCUT2D eigenvalue weighted by Gasteiger charge is 2.06. The summed E-state index contributed by atoms with van der Waals surface area (Å²) in [5.41, 5.74) is 6.96.